The molecule has 0 aliphatic heterocycles. The van der Waals surface area contributed by atoms with Crippen molar-refractivity contribution in [3.05, 3.63) is 63.7 Å². The molecule has 1 aromatic carbocycles. The van der Waals surface area contributed by atoms with Crippen LogP contribution in [-0.2, 0) is 0 Å². The number of carbonyl (C=O) groups is 1. The maximum Gasteiger partial charge on any atom is 0.200 e. The molecule has 2 aromatic heterocycles. The molecule has 22 heavy (non-hydrogen) atoms. The fourth-order valence-corrected chi connectivity index (χ4v) is 2.80. The van der Waals surface area contributed by atoms with Crippen LogP contribution in [0.4, 0.5) is 0 Å². The van der Waals surface area contributed by atoms with E-state index >= 15 is 0 Å². The van der Waals surface area contributed by atoms with E-state index in [9.17, 15) is 9.59 Å². The van der Waals surface area contributed by atoms with Crippen molar-refractivity contribution in [2.75, 3.05) is 0 Å². The van der Waals surface area contributed by atoms with Gasteiger partial charge >= 0.3 is 0 Å². The van der Waals surface area contributed by atoms with Gasteiger partial charge in [0.15, 0.2) is 11.2 Å². The first-order valence-electron chi connectivity index (χ1n) is 7.07. The minimum absolute atomic E-state index is 0.191. The largest absolute Gasteiger partial charge is 0.360 e. The second-order valence-electron chi connectivity index (χ2n) is 5.50. The van der Waals surface area contributed by atoms with E-state index in [1.54, 1.807) is 6.07 Å². The van der Waals surface area contributed by atoms with E-state index in [1.807, 2.05) is 38.4 Å². The lowest BCUT2D eigenvalue weighted by Crippen LogP contribution is -2.13. The number of aryl methyl sites for hydroxylation is 2. The Balaban J connectivity index is 2.26. The molecule has 0 aliphatic carbocycles. The molecule has 0 saturated carbocycles. The summed E-state index contributed by atoms with van der Waals surface area (Å²) in [5.41, 5.74) is 5.00. The first-order valence-corrected chi connectivity index (χ1v) is 7.07. The van der Waals surface area contributed by atoms with Crippen LogP contribution in [0.25, 0.3) is 22.0 Å². The molecule has 0 amide bonds. The van der Waals surface area contributed by atoms with Crippen LogP contribution in [0.5, 0.6) is 0 Å². The van der Waals surface area contributed by atoms with Crippen molar-refractivity contribution >= 4 is 16.7 Å². The van der Waals surface area contributed by atoms with Crippen LogP contribution in [0.1, 0.15) is 28.4 Å². The second-order valence-corrected chi connectivity index (χ2v) is 5.50. The van der Waals surface area contributed by atoms with E-state index in [1.165, 1.54) is 13.1 Å². The molecule has 0 saturated heterocycles. The van der Waals surface area contributed by atoms with Crippen molar-refractivity contribution in [3.8, 4) is 11.1 Å². The van der Waals surface area contributed by atoms with Gasteiger partial charge in [-0.2, -0.15) is 0 Å². The summed E-state index contributed by atoms with van der Waals surface area (Å²) in [5.74, 6) is -0.229. The zero-order valence-corrected chi connectivity index (χ0v) is 12.7. The number of carbonyl (C=O) groups excluding carboxylic acids is 1. The number of benzene rings is 1. The van der Waals surface area contributed by atoms with Gasteiger partial charge in [-0.25, -0.2) is 0 Å². The summed E-state index contributed by atoms with van der Waals surface area (Å²) in [4.78, 5) is 31.0. The van der Waals surface area contributed by atoms with E-state index in [0.717, 1.165) is 27.8 Å². The zero-order chi connectivity index (χ0) is 15.9. The van der Waals surface area contributed by atoms with Gasteiger partial charge in [0.2, 0.25) is 0 Å². The van der Waals surface area contributed by atoms with Gasteiger partial charge in [0.1, 0.15) is 0 Å². The topological polar surface area (TPSA) is 62.8 Å². The molecule has 0 radical (unpaired) electrons. The molecule has 4 nitrogen and oxygen atoms in total. The average molecular weight is 292 g/mol. The van der Waals surface area contributed by atoms with Crippen LogP contribution in [0, 0.1) is 13.8 Å². The van der Waals surface area contributed by atoms with E-state index in [4.69, 9.17) is 0 Å². The Kier molecular flexibility index (Phi) is 3.37. The van der Waals surface area contributed by atoms with Gasteiger partial charge in [-0.15, -0.1) is 0 Å². The van der Waals surface area contributed by atoms with Crippen molar-refractivity contribution in [1.82, 2.24) is 9.97 Å². The number of nitrogens with zero attached hydrogens (tertiary/aromatic N) is 1. The van der Waals surface area contributed by atoms with Crippen molar-refractivity contribution in [3.63, 3.8) is 0 Å². The molecular formula is C18H16N2O2. The van der Waals surface area contributed by atoms with Crippen molar-refractivity contribution in [2.24, 2.45) is 0 Å². The van der Waals surface area contributed by atoms with Gasteiger partial charge in [0, 0.05) is 29.5 Å². The van der Waals surface area contributed by atoms with Gasteiger partial charge in [-0.05, 0) is 55.2 Å². The molecule has 0 aliphatic rings. The number of hydrogen-bond acceptors (Lipinski definition) is 3. The fraction of sp³-hybridized carbons (Fsp3) is 0.167. The molecule has 1 N–H and O–H groups in total. The first-order chi connectivity index (χ1) is 10.5. The summed E-state index contributed by atoms with van der Waals surface area (Å²) in [6.45, 7) is 5.43. The number of aromatic amines is 1. The number of ketones is 1. The number of rotatable bonds is 2. The molecule has 0 spiro atoms. The highest BCUT2D eigenvalue weighted by Gasteiger charge is 2.11. The zero-order valence-electron chi connectivity index (χ0n) is 12.7. The predicted molar refractivity (Wildman–Crippen MR) is 87.3 cm³/mol. The SMILES string of the molecule is CC(=O)c1c[nH]c2cc(-c3c(C)cncc3C)ccc2c1=O. The van der Waals surface area contributed by atoms with Crippen LogP contribution >= 0.6 is 0 Å². The Bertz CT molecular complexity index is 935. The van der Waals surface area contributed by atoms with Crippen molar-refractivity contribution in [1.29, 1.82) is 0 Å². The third-order valence-electron chi connectivity index (χ3n) is 3.87. The summed E-state index contributed by atoms with van der Waals surface area (Å²) in [6.07, 6.45) is 5.14. The number of H-pyrrole nitrogens is 1. The van der Waals surface area contributed by atoms with E-state index in [0.29, 0.717) is 5.39 Å². The van der Waals surface area contributed by atoms with Gasteiger partial charge in [-0.1, -0.05) is 6.07 Å². The predicted octanol–water partition coefficient (Wildman–Crippen LogP) is 3.41. The standard InChI is InChI=1S/C18H16N2O2/c1-10-7-19-8-11(2)17(10)13-4-5-14-16(6-13)20-9-15(12(3)21)18(14)22/h4-9H,1-3H3,(H,20,22). The Morgan fingerprint density at radius 2 is 1.82 bits per heavy atom. The lowest BCUT2D eigenvalue weighted by molar-refractivity contribution is 0.101. The van der Waals surface area contributed by atoms with E-state index < -0.39 is 0 Å². The third kappa shape index (κ3) is 2.22. The van der Waals surface area contributed by atoms with Crippen molar-refractivity contribution < 1.29 is 4.79 Å². The molecule has 4 heteroatoms. The van der Waals surface area contributed by atoms with E-state index in [2.05, 4.69) is 9.97 Å². The highest BCUT2D eigenvalue weighted by atomic mass is 16.1. The van der Waals surface area contributed by atoms with Gasteiger partial charge in [-0.3, -0.25) is 14.6 Å². The summed E-state index contributed by atoms with van der Waals surface area (Å²) < 4.78 is 0. The number of Topliss-reactive ketones (excluding diaryl/α,β-unsaturated/α-hetero) is 1. The second kappa shape index (κ2) is 5.22. The van der Waals surface area contributed by atoms with Gasteiger partial charge in [0.25, 0.3) is 0 Å². The summed E-state index contributed by atoms with van der Waals surface area (Å²) in [5, 5.41) is 0.529. The number of pyridine rings is 2. The lowest BCUT2D eigenvalue weighted by Gasteiger charge is -2.10. The minimum Gasteiger partial charge on any atom is -0.360 e. The molecule has 0 atom stereocenters. The maximum absolute atomic E-state index is 12.3. The molecule has 110 valence electrons. The first kappa shape index (κ1) is 14.2. The average Bonchev–Trinajstić information content (AvgIpc) is 2.47. The Labute approximate surface area is 127 Å². The highest BCUT2D eigenvalue weighted by molar-refractivity contribution is 5.97. The van der Waals surface area contributed by atoms with Crippen LogP contribution < -0.4 is 5.43 Å². The minimum atomic E-state index is -0.229. The van der Waals surface area contributed by atoms with Gasteiger partial charge in [0.05, 0.1) is 5.56 Å². The van der Waals surface area contributed by atoms with Crippen molar-refractivity contribution in [2.45, 2.75) is 20.8 Å². The molecule has 3 aromatic rings. The Morgan fingerprint density at radius 1 is 1.14 bits per heavy atom. The fourth-order valence-electron chi connectivity index (χ4n) is 2.80. The normalized spacial score (nSPS) is 10.9. The molecule has 3 rings (SSSR count). The lowest BCUT2D eigenvalue weighted by atomic mass is 9.96. The van der Waals surface area contributed by atoms with Crippen LogP contribution in [-0.4, -0.2) is 15.8 Å². The summed E-state index contributed by atoms with van der Waals surface area (Å²) in [6, 6.07) is 5.63. The van der Waals surface area contributed by atoms with Gasteiger partial charge < -0.3 is 4.98 Å². The molecule has 0 fully saturated rings. The monoisotopic (exact) mass is 292 g/mol. The third-order valence-corrected chi connectivity index (χ3v) is 3.87. The molecule has 0 unspecified atom stereocenters. The van der Waals surface area contributed by atoms with Crippen LogP contribution in [0.15, 0.2) is 41.6 Å². The number of nitrogens with one attached hydrogen (secondary N) is 1. The molecule has 0 bridgehead atoms. The number of fused-ring (bicyclic) bond motifs is 1. The smallest absolute Gasteiger partial charge is 0.200 e. The van der Waals surface area contributed by atoms with E-state index in [-0.39, 0.29) is 16.8 Å². The quantitative estimate of drug-likeness (QED) is 0.736. The van der Waals surface area contributed by atoms with Crippen LogP contribution in [0.3, 0.4) is 0 Å². The highest BCUT2D eigenvalue weighted by Crippen LogP contribution is 2.28. The maximum atomic E-state index is 12.3. The summed E-state index contributed by atoms with van der Waals surface area (Å²) in [7, 11) is 0. The molecular weight excluding hydrogens is 276 g/mol. The molecule has 2 heterocycles. The summed E-state index contributed by atoms with van der Waals surface area (Å²) >= 11 is 0. The number of hydrogen-bond donors (Lipinski definition) is 1. The van der Waals surface area contributed by atoms with Crippen LogP contribution in [0.2, 0.25) is 0 Å². The number of aromatic nitrogens is 2. The Morgan fingerprint density at radius 3 is 2.45 bits per heavy atom. The Hall–Kier alpha value is -2.75.